The van der Waals surface area contributed by atoms with Crippen molar-refractivity contribution in [1.82, 2.24) is 0 Å². The molecule has 0 radical (unpaired) electrons. The van der Waals surface area contributed by atoms with Crippen molar-refractivity contribution in [3.63, 3.8) is 0 Å². The van der Waals surface area contributed by atoms with Gasteiger partial charge in [-0.15, -0.1) is 0 Å². The van der Waals surface area contributed by atoms with Crippen molar-refractivity contribution in [2.24, 2.45) is 27.9 Å². The lowest BCUT2D eigenvalue weighted by Gasteiger charge is -2.29. The molecule has 19 heavy (non-hydrogen) atoms. The Hall–Kier alpha value is -0.550. The number of hydrogen-bond acceptors (Lipinski definition) is 2. The lowest BCUT2D eigenvalue weighted by atomic mass is 9.76. The molecule has 2 heteroatoms. The van der Waals surface area contributed by atoms with Gasteiger partial charge in [0.2, 0.25) is 0 Å². The van der Waals surface area contributed by atoms with E-state index in [2.05, 4.69) is 40.7 Å². The molecule has 0 aromatic rings. The van der Waals surface area contributed by atoms with Crippen LogP contribution in [0.25, 0.3) is 0 Å². The van der Waals surface area contributed by atoms with Gasteiger partial charge in [-0.25, -0.2) is 0 Å². The number of nitriles is 1. The average molecular weight is 262 g/mol. The molecule has 0 spiro atoms. The molecule has 2 rings (SSSR count). The third kappa shape index (κ3) is 3.72. The third-order valence-corrected chi connectivity index (χ3v) is 4.82. The van der Waals surface area contributed by atoms with E-state index in [1.807, 2.05) is 0 Å². The molecule has 2 N–H and O–H groups in total. The number of hydrogen-bond donors (Lipinski definition) is 1. The Morgan fingerprint density at radius 3 is 2.16 bits per heavy atom. The Balaban J connectivity index is 1.92. The van der Waals surface area contributed by atoms with Crippen molar-refractivity contribution in [3.05, 3.63) is 0 Å². The predicted octanol–water partition coefficient (Wildman–Crippen LogP) is 4.25. The molecule has 0 aromatic carbocycles. The molecule has 2 nitrogen and oxygen atoms in total. The summed E-state index contributed by atoms with van der Waals surface area (Å²) in [4.78, 5) is 0. The summed E-state index contributed by atoms with van der Waals surface area (Å²) < 4.78 is 0. The Morgan fingerprint density at radius 1 is 1.16 bits per heavy atom. The highest BCUT2D eigenvalue weighted by molar-refractivity contribution is 5.18. The van der Waals surface area contributed by atoms with Gasteiger partial charge in [-0.1, -0.05) is 34.6 Å². The summed E-state index contributed by atoms with van der Waals surface area (Å²) in [5.41, 5.74) is 6.88. The zero-order chi connectivity index (χ0) is 14.5. The molecule has 0 aliphatic heterocycles. The van der Waals surface area contributed by atoms with E-state index in [4.69, 9.17) is 5.73 Å². The Morgan fingerprint density at radius 2 is 1.74 bits per heavy atom. The van der Waals surface area contributed by atoms with Gasteiger partial charge in [-0.3, -0.25) is 0 Å². The smallest absolute Gasteiger partial charge is 0.0693 e. The topological polar surface area (TPSA) is 49.8 Å². The first-order valence-corrected chi connectivity index (χ1v) is 7.70. The molecule has 0 saturated heterocycles. The van der Waals surface area contributed by atoms with Gasteiger partial charge in [0.25, 0.3) is 0 Å². The first-order chi connectivity index (χ1) is 8.49. The van der Waals surface area contributed by atoms with Gasteiger partial charge in [0.15, 0.2) is 0 Å². The van der Waals surface area contributed by atoms with Crippen LogP contribution >= 0.6 is 0 Å². The van der Waals surface area contributed by atoms with E-state index in [1.165, 1.54) is 12.8 Å². The first-order valence-electron chi connectivity index (χ1n) is 7.70. The first kappa shape index (κ1) is 14.9. The second kappa shape index (κ2) is 4.22. The second-order valence-corrected chi connectivity index (χ2v) is 9.31. The molecular formula is C17H30N2. The molecule has 2 aliphatic rings. The summed E-state index contributed by atoms with van der Waals surface area (Å²) >= 11 is 0. The Kier molecular flexibility index (Phi) is 3.30. The van der Waals surface area contributed by atoms with Gasteiger partial charge < -0.3 is 5.73 Å². The van der Waals surface area contributed by atoms with Crippen LogP contribution < -0.4 is 5.73 Å². The Bertz CT molecular complexity index is 392. The van der Waals surface area contributed by atoms with Crippen LogP contribution in [0.15, 0.2) is 0 Å². The van der Waals surface area contributed by atoms with Crippen LogP contribution in [0.1, 0.15) is 73.1 Å². The zero-order valence-electron chi connectivity index (χ0n) is 13.3. The van der Waals surface area contributed by atoms with Crippen LogP contribution in [0, 0.1) is 33.5 Å². The van der Waals surface area contributed by atoms with Crippen molar-refractivity contribution >= 4 is 0 Å². The van der Waals surface area contributed by atoms with Crippen molar-refractivity contribution in [2.45, 2.75) is 78.7 Å². The van der Waals surface area contributed by atoms with Crippen LogP contribution in [-0.2, 0) is 0 Å². The monoisotopic (exact) mass is 262 g/mol. The largest absolute Gasteiger partial charge is 0.325 e. The van der Waals surface area contributed by atoms with E-state index in [1.54, 1.807) is 0 Å². The average Bonchev–Trinajstić information content (AvgIpc) is 3.04. The van der Waals surface area contributed by atoms with E-state index in [-0.39, 0.29) is 21.8 Å². The van der Waals surface area contributed by atoms with E-state index in [0.717, 1.165) is 25.7 Å². The molecule has 2 atom stereocenters. The fourth-order valence-corrected chi connectivity index (χ4v) is 4.02. The number of rotatable bonds is 5. The highest BCUT2D eigenvalue weighted by atomic mass is 14.8. The molecule has 0 aromatic heterocycles. The van der Waals surface area contributed by atoms with E-state index < -0.39 is 0 Å². The minimum Gasteiger partial charge on any atom is -0.325 e. The molecule has 2 unspecified atom stereocenters. The molecule has 0 heterocycles. The van der Waals surface area contributed by atoms with Crippen molar-refractivity contribution in [1.29, 1.82) is 5.26 Å². The van der Waals surface area contributed by atoms with Crippen molar-refractivity contribution in [2.75, 3.05) is 0 Å². The lowest BCUT2D eigenvalue weighted by Crippen LogP contribution is -2.30. The summed E-state index contributed by atoms with van der Waals surface area (Å²) in [6.45, 7) is 11.4. The maximum Gasteiger partial charge on any atom is 0.0693 e. The van der Waals surface area contributed by atoms with E-state index in [0.29, 0.717) is 5.92 Å². The van der Waals surface area contributed by atoms with Gasteiger partial charge in [0, 0.05) is 5.54 Å². The number of nitrogens with two attached hydrogens (primary N) is 1. The standard InChI is InChI=1S/C17H30N2/c1-14(2,3)10-16(12-18)9-13(16)8-15(4,5)11-17(19)6-7-17/h13H,6-11,19H2,1-5H3. The zero-order valence-corrected chi connectivity index (χ0v) is 13.3. The quantitative estimate of drug-likeness (QED) is 0.805. The summed E-state index contributed by atoms with van der Waals surface area (Å²) in [5, 5.41) is 9.56. The third-order valence-electron chi connectivity index (χ3n) is 4.82. The fraction of sp³-hybridized carbons (Fsp3) is 0.941. The normalized spacial score (nSPS) is 32.8. The van der Waals surface area contributed by atoms with Crippen LogP contribution in [0.5, 0.6) is 0 Å². The van der Waals surface area contributed by atoms with Crippen LogP contribution in [0.4, 0.5) is 0 Å². The maximum absolute atomic E-state index is 9.56. The SMILES string of the molecule is CC(C)(C)CC1(C#N)CC1CC(C)(C)CC1(N)CC1. The molecule has 2 saturated carbocycles. The van der Waals surface area contributed by atoms with Crippen LogP contribution in [0.2, 0.25) is 0 Å². The van der Waals surface area contributed by atoms with E-state index >= 15 is 0 Å². The molecule has 0 amide bonds. The molecule has 2 fully saturated rings. The summed E-state index contributed by atoms with van der Waals surface area (Å²) in [6.07, 6.45) is 6.79. The second-order valence-electron chi connectivity index (χ2n) is 9.31. The summed E-state index contributed by atoms with van der Waals surface area (Å²) in [5.74, 6) is 0.592. The van der Waals surface area contributed by atoms with Gasteiger partial charge in [-0.05, 0) is 55.3 Å². The van der Waals surface area contributed by atoms with Crippen molar-refractivity contribution in [3.8, 4) is 6.07 Å². The minimum absolute atomic E-state index is 0.0408. The molecular weight excluding hydrogens is 232 g/mol. The lowest BCUT2D eigenvalue weighted by molar-refractivity contribution is 0.231. The Labute approximate surface area is 118 Å². The predicted molar refractivity (Wildman–Crippen MR) is 79.4 cm³/mol. The number of nitrogens with zero attached hydrogens (tertiary/aromatic N) is 1. The highest BCUT2D eigenvalue weighted by Crippen LogP contribution is 2.62. The summed E-state index contributed by atoms with van der Waals surface area (Å²) in [7, 11) is 0. The van der Waals surface area contributed by atoms with Gasteiger partial charge in [0.05, 0.1) is 11.5 Å². The van der Waals surface area contributed by atoms with Crippen LogP contribution in [0.3, 0.4) is 0 Å². The summed E-state index contributed by atoms with van der Waals surface area (Å²) in [6, 6.07) is 2.63. The van der Waals surface area contributed by atoms with Crippen molar-refractivity contribution < 1.29 is 0 Å². The highest BCUT2D eigenvalue weighted by Gasteiger charge is 2.57. The van der Waals surface area contributed by atoms with Gasteiger partial charge in [0.1, 0.15) is 0 Å². The fourth-order valence-electron chi connectivity index (χ4n) is 4.02. The minimum atomic E-state index is -0.0408. The molecule has 108 valence electrons. The van der Waals surface area contributed by atoms with Gasteiger partial charge >= 0.3 is 0 Å². The van der Waals surface area contributed by atoms with Gasteiger partial charge in [-0.2, -0.15) is 5.26 Å². The van der Waals surface area contributed by atoms with E-state index in [9.17, 15) is 5.26 Å². The van der Waals surface area contributed by atoms with Crippen LogP contribution in [-0.4, -0.2) is 5.54 Å². The molecule has 2 aliphatic carbocycles. The maximum atomic E-state index is 9.56. The molecule has 0 bridgehead atoms.